The lowest BCUT2D eigenvalue weighted by atomic mass is 10.0. The molecular weight excluding hydrogens is 300 g/mol. The predicted octanol–water partition coefficient (Wildman–Crippen LogP) is 2.52. The van der Waals surface area contributed by atoms with Gasteiger partial charge in [0.25, 0.3) is 0 Å². The van der Waals surface area contributed by atoms with Gasteiger partial charge in [-0.3, -0.25) is 4.79 Å². The number of rotatable bonds is 4. The third-order valence-electron chi connectivity index (χ3n) is 4.53. The Morgan fingerprint density at radius 1 is 1.41 bits per heavy atom. The average Bonchev–Trinajstić information content (AvgIpc) is 3.15. The number of hydrogen-bond acceptors (Lipinski definition) is 4. The molecule has 1 saturated carbocycles. The van der Waals surface area contributed by atoms with E-state index in [1.807, 2.05) is 18.4 Å². The van der Waals surface area contributed by atoms with E-state index in [-0.39, 0.29) is 23.5 Å². The van der Waals surface area contributed by atoms with E-state index in [2.05, 4.69) is 11.4 Å². The molecule has 1 saturated heterocycles. The summed E-state index contributed by atoms with van der Waals surface area (Å²) in [6.45, 7) is 3.51. The fraction of sp³-hybridized carbons (Fsp3) is 0.625. The van der Waals surface area contributed by atoms with Crippen molar-refractivity contribution in [3.05, 3.63) is 22.4 Å². The van der Waals surface area contributed by atoms with E-state index in [0.29, 0.717) is 19.7 Å². The third kappa shape index (κ3) is 2.97. The van der Waals surface area contributed by atoms with Crippen LogP contribution >= 0.6 is 11.3 Å². The number of carbonyl (C=O) groups is 2. The van der Waals surface area contributed by atoms with Gasteiger partial charge in [-0.25, -0.2) is 4.79 Å². The van der Waals surface area contributed by atoms with Crippen molar-refractivity contribution in [3.8, 4) is 0 Å². The molecular formula is C16H22N2O3S. The summed E-state index contributed by atoms with van der Waals surface area (Å²) in [5, 5.41) is 5.22. The summed E-state index contributed by atoms with van der Waals surface area (Å²) in [4.78, 5) is 27.2. The van der Waals surface area contributed by atoms with Crippen molar-refractivity contribution < 1.29 is 14.3 Å². The first-order valence-corrected chi connectivity index (χ1v) is 8.80. The molecule has 6 heteroatoms. The van der Waals surface area contributed by atoms with E-state index in [1.165, 1.54) is 4.88 Å². The molecule has 1 aliphatic carbocycles. The number of carbonyl (C=O) groups excluding carboxylic acids is 2. The van der Waals surface area contributed by atoms with Gasteiger partial charge in [-0.15, -0.1) is 11.3 Å². The third-order valence-corrected chi connectivity index (χ3v) is 5.61. The standard InChI is InChI=1S/C16H22N2O3S/c1-2-21-15(20)18-9-5-12(6-10-18)17-14(19)16(7-8-16)13-4-3-11-22-13/h3-4,11-12H,2,5-10H2,1H3,(H,17,19). The molecule has 0 bridgehead atoms. The molecule has 3 rings (SSSR count). The smallest absolute Gasteiger partial charge is 0.409 e. The van der Waals surface area contributed by atoms with Gasteiger partial charge in [0.2, 0.25) is 5.91 Å². The van der Waals surface area contributed by atoms with Gasteiger partial charge in [-0.1, -0.05) is 6.07 Å². The number of nitrogens with one attached hydrogen (secondary N) is 1. The van der Waals surface area contributed by atoms with Gasteiger partial charge in [-0.2, -0.15) is 0 Å². The van der Waals surface area contributed by atoms with Crippen molar-refractivity contribution in [2.24, 2.45) is 0 Å². The van der Waals surface area contributed by atoms with Crippen LogP contribution in [0.1, 0.15) is 37.5 Å². The topological polar surface area (TPSA) is 58.6 Å². The zero-order chi connectivity index (χ0) is 15.6. The lowest BCUT2D eigenvalue weighted by molar-refractivity contribution is -0.124. The Bertz CT molecular complexity index is 532. The summed E-state index contributed by atoms with van der Waals surface area (Å²) in [6, 6.07) is 4.22. The van der Waals surface area contributed by atoms with Crippen molar-refractivity contribution in [1.29, 1.82) is 0 Å². The summed E-state index contributed by atoms with van der Waals surface area (Å²) >= 11 is 1.66. The molecule has 0 radical (unpaired) electrons. The van der Waals surface area contributed by atoms with Crippen LogP contribution in [0.4, 0.5) is 4.79 Å². The minimum Gasteiger partial charge on any atom is -0.450 e. The molecule has 5 nitrogen and oxygen atoms in total. The Morgan fingerprint density at radius 2 is 2.14 bits per heavy atom. The van der Waals surface area contributed by atoms with E-state index in [0.717, 1.165) is 25.7 Å². The molecule has 0 atom stereocenters. The normalized spacial score (nSPS) is 20.5. The maximum Gasteiger partial charge on any atom is 0.409 e. The van der Waals surface area contributed by atoms with E-state index in [4.69, 9.17) is 4.74 Å². The average molecular weight is 322 g/mol. The number of likely N-dealkylation sites (tertiary alicyclic amines) is 1. The molecule has 1 aromatic rings. The van der Waals surface area contributed by atoms with Gasteiger partial charge in [0.1, 0.15) is 0 Å². The van der Waals surface area contributed by atoms with Gasteiger partial charge in [0.05, 0.1) is 12.0 Å². The summed E-state index contributed by atoms with van der Waals surface area (Å²) in [6.07, 6.45) is 3.24. The van der Waals surface area contributed by atoms with Gasteiger partial charge in [-0.05, 0) is 44.1 Å². The van der Waals surface area contributed by atoms with Crippen molar-refractivity contribution in [2.75, 3.05) is 19.7 Å². The first-order chi connectivity index (χ1) is 10.7. The molecule has 22 heavy (non-hydrogen) atoms. The molecule has 120 valence electrons. The number of hydrogen-bond donors (Lipinski definition) is 1. The molecule has 2 aliphatic rings. The summed E-state index contributed by atoms with van der Waals surface area (Å²) < 4.78 is 5.01. The zero-order valence-corrected chi connectivity index (χ0v) is 13.7. The van der Waals surface area contributed by atoms with Crippen LogP contribution in [0, 0.1) is 0 Å². The van der Waals surface area contributed by atoms with Gasteiger partial charge < -0.3 is 15.0 Å². The van der Waals surface area contributed by atoms with Crippen LogP contribution in [0.2, 0.25) is 0 Å². The fourth-order valence-electron chi connectivity index (χ4n) is 3.01. The van der Waals surface area contributed by atoms with Crippen molar-refractivity contribution in [2.45, 2.75) is 44.1 Å². The van der Waals surface area contributed by atoms with E-state index in [1.54, 1.807) is 16.2 Å². The Hall–Kier alpha value is -1.56. The van der Waals surface area contributed by atoms with Crippen LogP contribution in [-0.2, 0) is 14.9 Å². The van der Waals surface area contributed by atoms with Gasteiger partial charge in [0, 0.05) is 24.0 Å². The van der Waals surface area contributed by atoms with Crippen LogP contribution < -0.4 is 5.32 Å². The quantitative estimate of drug-likeness (QED) is 0.926. The second-order valence-corrected chi connectivity index (χ2v) is 6.94. The van der Waals surface area contributed by atoms with E-state index in [9.17, 15) is 9.59 Å². The highest BCUT2D eigenvalue weighted by Gasteiger charge is 2.52. The largest absolute Gasteiger partial charge is 0.450 e. The molecule has 1 aromatic heterocycles. The fourth-order valence-corrected chi connectivity index (χ4v) is 3.99. The first kappa shape index (κ1) is 15.3. The highest BCUT2D eigenvalue weighted by molar-refractivity contribution is 7.10. The summed E-state index contributed by atoms with van der Waals surface area (Å²) in [7, 11) is 0. The first-order valence-electron chi connectivity index (χ1n) is 7.92. The number of ether oxygens (including phenoxy) is 1. The highest BCUT2D eigenvalue weighted by atomic mass is 32.1. The minimum atomic E-state index is -0.271. The Kier molecular flexibility index (Phi) is 4.38. The van der Waals surface area contributed by atoms with Crippen molar-refractivity contribution in [1.82, 2.24) is 10.2 Å². The monoisotopic (exact) mass is 322 g/mol. The van der Waals surface area contributed by atoms with E-state index >= 15 is 0 Å². The van der Waals surface area contributed by atoms with Crippen LogP contribution in [0.3, 0.4) is 0 Å². The molecule has 2 amide bonds. The van der Waals surface area contributed by atoms with Gasteiger partial charge >= 0.3 is 6.09 Å². The molecule has 0 spiro atoms. The molecule has 1 N–H and O–H groups in total. The van der Waals surface area contributed by atoms with Crippen LogP contribution in [0.5, 0.6) is 0 Å². The lowest BCUT2D eigenvalue weighted by Gasteiger charge is -2.32. The summed E-state index contributed by atoms with van der Waals surface area (Å²) in [5.41, 5.74) is -0.271. The Balaban J connectivity index is 1.51. The Morgan fingerprint density at radius 3 is 2.68 bits per heavy atom. The molecule has 2 heterocycles. The lowest BCUT2D eigenvalue weighted by Crippen LogP contribution is -2.48. The molecule has 2 fully saturated rings. The summed E-state index contributed by atoms with van der Waals surface area (Å²) in [5.74, 6) is 0.157. The maximum atomic E-state index is 12.6. The second kappa shape index (κ2) is 6.28. The predicted molar refractivity (Wildman–Crippen MR) is 85.0 cm³/mol. The van der Waals surface area contributed by atoms with Crippen molar-refractivity contribution >= 4 is 23.3 Å². The Labute approximate surface area is 134 Å². The number of piperidine rings is 1. The van der Waals surface area contributed by atoms with Crippen LogP contribution in [-0.4, -0.2) is 42.6 Å². The maximum absolute atomic E-state index is 12.6. The van der Waals surface area contributed by atoms with Crippen molar-refractivity contribution in [3.63, 3.8) is 0 Å². The highest BCUT2D eigenvalue weighted by Crippen LogP contribution is 2.50. The minimum absolute atomic E-state index is 0.157. The number of amides is 2. The van der Waals surface area contributed by atoms with Crippen LogP contribution in [0.25, 0.3) is 0 Å². The van der Waals surface area contributed by atoms with E-state index < -0.39 is 0 Å². The zero-order valence-electron chi connectivity index (χ0n) is 12.8. The SMILES string of the molecule is CCOC(=O)N1CCC(NC(=O)C2(c3cccs3)CC2)CC1. The number of nitrogens with zero attached hydrogens (tertiary/aromatic N) is 1. The van der Waals surface area contributed by atoms with Gasteiger partial charge in [0.15, 0.2) is 0 Å². The molecule has 1 aliphatic heterocycles. The van der Waals surface area contributed by atoms with Crippen LogP contribution in [0.15, 0.2) is 17.5 Å². The second-order valence-electron chi connectivity index (χ2n) is 5.99. The molecule has 0 aromatic carbocycles. The molecule has 0 unspecified atom stereocenters. The number of thiophene rings is 1.